The molecule has 0 atom stereocenters. The van der Waals surface area contributed by atoms with E-state index in [0.717, 1.165) is 40.7 Å². The van der Waals surface area contributed by atoms with Crippen molar-refractivity contribution in [3.05, 3.63) is 102 Å². The van der Waals surface area contributed by atoms with Crippen LogP contribution >= 0.6 is 0 Å². The van der Waals surface area contributed by atoms with Gasteiger partial charge in [-0.25, -0.2) is 4.98 Å². The van der Waals surface area contributed by atoms with Gasteiger partial charge in [-0.1, -0.05) is 36.4 Å². The topological polar surface area (TPSA) is 85.6 Å². The quantitative estimate of drug-likeness (QED) is 0.388. The van der Waals surface area contributed by atoms with Crippen LogP contribution in [0.15, 0.2) is 89.9 Å². The average Bonchev–Trinajstić information content (AvgIpc) is 3.25. The molecule has 0 saturated carbocycles. The molecular weight excluding hydrogens is 464 g/mol. The lowest BCUT2D eigenvalue weighted by atomic mass is 10.1. The summed E-state index contributed by atoms with van der Waals surface area (Å²) >= 11 is 0. The Balaban J connectivity index is 1.52. The van der Waals surface area contributed by atoms with Crippen molar-refractivity contribution < 1.29 is 14.3 Å². The number of imidazole rings is 1. The molecule has 2 heterocycles. The van der Waals surface area contributed by atoms with Gasteiger partial charge >= 0.3 is 0 Å². The van der Waals surface area contributed by atoms with E-state index in [4.69, 9.17) is 9.73 Å². The summed E-state index contributed by atoms with van der Waals surface area (Å²) < 4.78 is 8.06. The number of carbonyl (C=O) groups is 2. The van der Waals surface area contributed by atoms with E-state index in [1.165, 1.54) is 13.0 Å². The monoisotopic (exact) mass is 492 g/mol. The van der Waals surface area contributed by atoms with Gasteiger partial charge in [0.1, 0.15) is 12.4 Å². The summed E-state index contributed by atoms with van der Waals surface area (Å²) in [4.78, 5) is 34.2. The molecular formula is C30H28N4O3. The standard InChI is InChI=1S/C30H28N4O3/c1-21(35)14-15-26-23-9-5-11-25(20-23)37-18-17-34-28-13-3-2-12-27(28)32-30(34)33-29(36)24-10-4-7-22(19-24)8-6-16-31-26/h2-5,7,9-15,19-20H,6,8,16-18H2,1H3,(H,32,33,36)/b15-14-,31-26+. The van der Waals surface area contributed by atoms with Gasteiger partial charge in [0.15, 0.2) is 5.78 Å². The minimum atomic E-state index is -0.206. The molecule has 0 fully saturated rings. The second-order valence-electron chi connectivity index (χ2n) is 8.92. The number of hydrogen-bond acceptors (Lipinski definition) is 5. The number of nitrogens with one attached hydrogen (secondary N) is 1. The summed E-state index contributed by atoms with van der Waals surface area (Å²) in [6.07, 6.45) is 4.87. The Morgan fingerprint density at radius 2 is 1.86 bits per heavy atom. The number of allylic oxidation sites excluding steroid dienone is 2. The molecule has 7 heteroatoms. The number of aliphatic imine (C=N–C) groups is 1. The van der Waals surface area contributed by atoms with Crippen LogP contribution in [0.5, 0.6) is 5.75 Å². The molecule has 37 heavy (non-hydrogen) atoms. The van der Waals surface area contributed by atoms with Crippen LogP contribution in [0.4, 0.5) is 5.95 Å². The Morgan fingerprint density at radius 1 is 1.03 bits per heavy atom. The molecule has 0 aliphatic carbocycles. The van der Waals surface area contributed by atoms with Gasteiger partial charge in [0.25, 0.3) is 5.91 Å². The molecule has 1 amide bonds. The molecule has 1 N–H and O–H groups in total. The van der Waals surface area contributed by atoms with E-state index < -0.39 is 0 Å². The molecule has 1 aliphatic rings. The van der Waals surface area contributed by atoms with E-state index in [0.29, 0.717) is 37.0 Å². The summed E-state index contributed by atoms with van der Waals surface area (Å²) in [5.41, 5.74) is 4.99. The highest BCUT2D eigenvalue weighted by Gasteiger charge is 2.15. The predicted molar refractivity (Wildman–Crippen MR) is 146 cm³/mol. The van der Waals surface area contributed by atoms with Crippen molar-refractivity contribution in [1.29, 1.82) is 0 Å². The summed E-state index contributed by atoms with van der Waals surface area (Å²) in [5, 5.41) is 3.00. The van der Waals surface area contributed by atoms with E-state index in [1.807, 2.05) is 77.4 Å². The number of hydrogen-bond donors (Lipinski definition) is 1. The van der Waals surface area contributed by atoms with Crippen molar-refractivity contribution in [2.24, 2.45) is 4.99 Å². The van der Waals surface area contributed by atoms with Crippen molar-refractivity contribution in [3.8, 4) is 5.75 Å². The van der Waals surface area contributed by atoms with Gasteiger partial charge in [-0.2, -0.15) is 0 Å². The largest absolute Gasteiger partial charge is 0.492 e. The molecule has 1 aliphatic heterocycles. The van der Waals surface area contributed by atoms with Crippen molar-refractivity contribution in [3.63, 3.8) is 0 Å². The number of fused-ring (bicyclic) bond motifs is 7. The van der Waals surface area contributed by atoms with Gasteiger partial charge in [-0.3, -0.25) is 19.9 Å². The first kappa shape index (κ1) is 24.2. The first-order chi connectivity index (χ1) is 18.1. The zero-order chi connectivity index (χ0) is 25.6. The van der Waals surface area contributed by atoms with Crippen LogP contribution in [0.25, 0.3) is 11.0 Å². The Kier molecular flexibility index (Phi) is 7.21. The van der Waals surface area contributed by atoms with E-state index in [-0.39, 0.29) is 11.7 Å². The van der Waals surface area contributed by atoms with Crippen molar-refractivity contribution in [2.75, 3.05) is 18.5 Å². The maximum Gasteiger partial charge on any atom is 0.257 e. The number of para-hydroxylation sites is 2. The molecule has 3 aromatic carbocycles. The average molecular weight is 493 g/mol. The molecule has 0 unspecified atom stereocenters. The smallest absolute Gasteiger partial charge is 0.257 e. The van der Waals surface area contributed by atoms with Gasteiger partial charge in [-0.15, -0.1) is 0 Å². The van der Waals surface area contributed by atoms with Crippen LogP contribution < -0.4 is 10.1 Å². The van der Waals surface area contributed by atoms with E-state index in [9.17, 15) is 9.59 Å². The highest BCUT2D eigenvalue weighted by atomic mass is 16.5. The third-order valence-corrected chi connectivity index (χ3v) is 6.16. The molecule has 7 nitrogen and oxygen atoms in total. The molecule has 4 aromatic rings. The van der Waals surface area contributed by atoms with Crippen LogP contribution in [0, 0.1) is 0 Å². The van der Waals surface area contributed by atoms with Crippen LogP contribution in [0.1, 0.15) is 34.8 Å². The summed E-state index contributed by atoms with van der Waals surface area (Å²) in [6, 6.07) is 23.2. The number of anilines is 1. The molecule has 0 saturated heterocycles. The third-order valence-electron chi connectivity index (χ3n) is 6.16. The molecule has 5 rings (SSSR count). The number of ether oxygens (including phenoxy) is 1. The van der Waals surface area contributed by atoms with Gasteiger partial charge in [-0.05, 0) is 73.9 Å². The molecule has 0 radical (unpaired) electrons. The Hall–Kier alpha value is -4.52. The van der Waals surface area contributed by atoms with Crippen LogP contribution in [-0.2, 0) is 17.8 Å². The number of aromatic nitrogens is 2. The number of nitrogens with zero attached hydrogens (tertiary/aromatic N) is 3. The lowest BCUT2D eigenvalue weighted by Gasteiger charge is -2.13. The summed E-state index contributed by atoms with van der Waals surface area (Å²) in [5.74, 6) is 0.947. The van der Waals surface area contributed by atoms with E-state index >= 15 is 0 Å². The Labute approximate surface area is 215 Å². The zero-order valence-electron chi connectivity index (χ0n) is 20.7. The maximum absolute atomic E-state index is 13.1. The van der Waals surface area contributed by atoms with Gasteiger partial charge in [0, 0.05) is 17.7 Å². The van der Waals surface area contributed by atoms with Crippen LogP contribution in [-0.4, -0.2) is 40.1 Å². The van der Waals surface area contributed by atoms with Gasteiger partial charge in [0.2, 0.25) is 5.95 Å². The normalized spacial score (nSPS) is 16.1. The van der Waals surface area contributed by atoms with E-state index in [1.54, 1.807) is 6.08 Å². The second-order valence-corrected chi connectivity index (χ2v) is 8.92. The molecule has 4 bridgehead atoms. The Morgan fingerprint density at radius 3 is 2.76 bits per heavy atom. The first-order valence-electron chi connectivity index (χ1n) is 12.4. The third kappa shape index (κ3) is 5.83. The summed E-state index contributed by atoms with van der Waals surface area (Å²) in [7, 11) is 0. The minimum Gasteiger partial charge on any atom is -0.492 e. The van der Waals surface area contributed by atoms with E-state index in [2.05, 4.69) is 10.3 Å². The molecule has 1 aromatic heterocycles. The second kappa shape index (κ2) is 11.0. The zero-order valence-corrected chi connectivity index (χ0v) is 20.7. The van der Waals surface area contributed by atoms with Gasteiger partial charge < -0.3 is 9.30 Å². The van der Waals surface area contributed by atoms with Crippen molar-refractivity contribution in [1.82, 2.24) is 9.55 Å². The number of aryl methyl sites for hydroxylation is 1. The summed E-state index contributed by atoms with van der Waals surface area (Å²) in [6.45, 7) is 2.97. The van der Waals surface area contributed by atoms with Crippen molar-refractivity contribution >= 4 is 34.4 Å². The Bertz CT molecular complexity index is 1520. The maximum atomic E-state index is 13.1. The number of carbonyl (C=O) groups excluding carboxylic acids is 2. The number of ketones is 1. The highest BCUT2D eigenvalue weighted by molar-refractivity contribution is 6.11. The van der Waals surface area contributed by atoms with Crippen LogP contribution in [0.2, 0.25) is 0 Å². The fraction of sp³-hybridized carbons (Fsp3) is 0.200. The SMILES string of the molecule is CC(=O)/C=C\C1=N/CCCc2cccc(c2)C(=O)Nc2nc3ccccc3n2CCOc2cccc1c2. The van der Waals surface area contributed by atoms with Crippen molar-refractivity contribution in [2.45, 2.75) is 26.3 Å². The predicted octanol–water partition coefficient (Wildman–Crippen LogP) is 5.25. The number of benzene rings is 3. The first-order valence-corrected chi connectivity index (χ1v) is 12.4. The van der Waals surface area contributed by atoms with Gasteiger partial charge in [0.05, 0.1) is 23.3 Å². The highest BCUT2D eigenvalue weighted by Crippen LogP contribution is 2.22. The fourth-order valence-electron chi connectivity index (χ4n) is 4.36. The fourth-order valence-corrected chi connectivity index (χ4v) is 4.36. The number of rotatable bonds is 2. The van der Waals surface area contributed by atoms with Crippen LogP contribution in [0.3, 0.4) is 0 Å². The molecule has 0 spiro atoms. The lowest BCUT2D eigenvalue weighted by Crippen LogP contribution is -2.18. The lowest BCUT2D eigenvalue weighted by molar-refractivity contribution is -0.112. The minimum absolute atomic E-state index is 0.0342. The molecule has 186 valence electrons. The number of amides is 1.